The van der Waals surface area contributed by atoms with E-state index in [1.807, 2.05) is 0 Å². The van der Waals surface area contributed by atoms with Gasteiger partial charge in [-0.05, 0) is 49.7 Å². The Morgan fingerprint density at radius 2 is 1.62 bits per heavy atom. The molecule has 0 aromatic heterocycles. The van der Waals surface area contributed by atoms with Gasteiger partial charge in [-0.2, -0.15) is 5.10 Å². The number of amides is 3. The second-order valence-corrected chi connectivity index (χ2v) is 7.32. The molecule has 3 N–H and O–H groups in total. The van der Waals surface area contributed by atoms with Gasteiger partial charge in [0.1, 0.15) is 0 Å². The largest absolute Gasteiger partial charge is 0.329 e. The van der Waals surface area contributed by atoms with Crippen LogP contribution in [0, 0.1) is 6.92 Å². The fraction of sp³-hybridized carbons (Fsp3) is 0.158. The third kappa shape index (κ3) is 7.05. The topological polar surface area (TPSA) is 99.7 Å². The molecule has 0 spiro atoms. The zero-order valence-electron chi connectivity index (χ0n) is 15.5. The van der Waals surface area contributed by atoms with Crippen LogP contribution in [0.25, 0.3) is 0 Å². The summed E-state index contributed by atoms with van der Waals surface area (Å²) in [5.41, 5.74) is 3.87. The minimum absolute atomic E-state index is 0.112. The number of nitrogens with one attached hydrogen (secondary N) is 3. The van der Waals surface area contributed by atoms with E-state index in [-0.39, 0.29) is 12.1 Å². The molecule has 152 valence electrons. The van der Waals surface area contributed by atoms with Gasteiger partial charge in [-0.3, -0.25) is 14.4 Å². The molecular weight excluding hydrogens is 439 g/mol. The van der Waals surface area contributed by atoms with Gasteiger partial charge < -0.3 is 10.6 Å². The van der Waals surface area contributed by atoms with Crippen LogP contribution in [-0.2, 0) is 14.4 Å². The van der Waals surface area contributed by atoms with Gasteiger partial charge in [-0.15, -0.1) is 0 Å². The minimum Gasteiger partial charge on any atom is -0.326 e. The molecule has 0 aliphatic carbocycles. The summed E-state index contributed by atoms with van der Waals surface area (Å²) in [6.45, 7) is 3.24. The average Bonchev–Trinajstić information content (AvgIpc) is 2.62. The molecular formula is C19H17Cl3N4O3. The molecule has 0 radical (unpaired) electrons. The first-order valence-electron chi connectivity index (χ1n) is 8.31. The first-order valence-corrected chi connectivity index (χ1v) is 9.44. The van der Waals surface area contributed by atoms with Gasteiger partial charge in [0.25, 0.3) is 0 Å². The van der Waals surface area contributed by atoms with Crippen LogP contribution in [0.1, 0.15) is 18.9 Å². The Morgan fingerprint density at radius 3 is 2.28 bits per heavy atom. The van der Waals surface area contributed by atoms with E-state index in [0.29, 0.717) is 32.0 Å². The van der Waals surface area contributed by atoms with Crippen molar-refractivity contribution in [3.8, 4) is 0 Å². The van der Waals surface area contributed by atoms with Crippen molar-refractivity contribution in [1.82, 2.24) is 5.43 Å². The molecule has 29 heavy (non-hydrogen) atoms. The molecule has 0 saturated carbocycles. The highest BCUT2D eigenvalue weighted by atomic mass is 35.5. The predicted molar refractivity (Wildman–Crippen MR) is 116 cm³/mol. The highest BCUT2D eigenvalue weighted by Gasteiger charge is 2.15. The summed E-state index contributed by atoms with van der Waals surface area (Å²) < 4.78 is 0. The quantitative estimate of drug-likeness (QED) is 0.353. The molecule has 0 fully saturated rings. The van der Waals surface area contributed by atoms with Crippen LogP contribution >= 0.6 is 34.8 Å². The van der Waals surface area contributed by atoms with Crippen LogP contribution in [0.5, 0.6) is 0 Å². The summed E-state index contributed by atoms with van der Waals surface area (Å²) in [6.07, 6.45) is -0.112. The summed E-state index contributed by atoms with van der Waals surface area (Å²) in [5.74, 6) is -2.28. The van der Waals surface area contributed by atoms with Crippen molar-refractivity contribution in [3.63, 3.8) is 0 Å². The van der Waals surface area contributed by atoms with E-state index in [0.717, 1.165) is 0 Å². The van der Waals surface area contributed by atoms with Crippen molar-refractivity contribution in [3.05, 3.63) is 57.0 Å². The maximum Gasteiger partial charge on any atom is 0.329 e. The van der Waals surface area contributed by atoms with Gasteiger partial charge in [0.05, 0.1) is 6.42 Å². The highest BCUT2D eigenvalue weighted by Crippen LogP contribution is 2.23. The Balaban J connectivity index is 1.89. The average molecular weight is 456 g/mol. The van der Waals surface area contributed by atoms with Crippen molar-refractivity contribution < 1.29 is 14.4 Å². The number of rotatable bonds is 5. The fourth-order valence-corrected chi connectivity index (χ4v) is 2.92. The Bertz CT molecular complexity index is 972. The van der Waals surface area contributed by atoms with Crippen LogP contribution in [-0.4, -0.2) is 23.4 Å². The lowest BCUT2D eigenvalue weighted by atomic mass is 10.2. The molecule has 7 nitrogen and oxygen atoms in total. The summed E-state index contributed by atoms with van der Waals surface area (Å²) in [4.78, 5) is 35.9. The second kappa shape index (κ2) is 10.2. The van der Waals surface area contributed by atoms with Crippen molar-refractivity contribution in [2.45, 2.75) is 20.3 Å². The Hall–Kier alpha value is -2.61. The maximum atomic E-state index is 12.1. The second-order valence-electron chi connectivity index (χ2n) is 6.04. The third-order valence-corrected chi connectivity index (χ3v) is 4.48. The number of hydrazone groups is 1. The lowest BCUT2D eigenvalue weighted by Crippen LogP contribution is -2.33. The Morgan fingerprint density at radius 1 is 0.966 bits per heavy atom. The van der Waals surface area contributed by atoms with Gasteiger partial charge in [-0.25, -0.2) is 5.43 Å². The molecule has 0 aliphatic rings. The molecule has 0 unspecified atom stereocenters. The normalized spacial score (nSPS) is 11.0. The number of hydrogen-bond acceptors (Lipinski definition) is 4. The number of nitrogens with zero attached hydrogens (tertiary/aromatic N) is 1. The number of halogens is 3. The fourth-order valence-electron chi connectivity index (χ4n) is 2.22. The summed E-state index contributed by atoms with van der Waals surface area (Å²) in [6, 6.07) is 9.56. The third-order valence-electron chi connectivity index (χ3n) is 3.63. The van der Waals surface area contributed by atoms with E-state index in [1.165, 1.54) is 13.0 Å². The van der Waals surface area contributed by atoms with Crippen molar-refractivity contribution in [2.75, 3.05) is 10.6 Å². The van der Waals surface area contributed by atoms with Crippen LogP contribution in [0.4, 0.5) is 11.4 Å². The number of carbonyl (C=O) groups is 3. The van der Waals surface area contributed by atoms with Gasteiger partial charge in [0.15, 0.2) is 0 Å². The highest BCUT2D eigenvalue weighted by molar-refractivity contribution is 6.40. The number of benzene rings is 2. The molecule has 2 aromatic carbocycles. The molecule has 2 aromatic rings. The Labute approximate surface area is 182 Å². The zero-order valence-corrected chi connectivity index (χ0v) is 17.7. The zero-order chi connectivity index (χ0) is 21.6. The van der Waals surface area contributed by atoms with E-state index in [9.17, 15) is 14.4 Å². The molecule has 0 bridgehead atoms. The summed E-state index contributed by atoms with van der Waals surface area (Å²) in [5, 5.41) is 10.1. The van der Waals surface area contributed by atoms with Gasteiger partial charge in [0, 0.05) is 32.2 Å². The molecule has 0 heterocycles. The maximum absolute atomic E-state index is 12.1. The lowest BCUT2D eigenvalue weighted by Gasteiger charge is -2.09. The molecule has 10 heteroatoms. The van der Waals surface area contributed by atoms with Crippen molar-refractivity contribution >= 4 is 69.6 Å². The molecule has 0 saturated heterocycles. The smallest absolute Gasteiger partial charge is 0.326 e. The Kier molecular flexibility index (Phi) is 8.01. The first-order chi connectivity index (χ1) is 13.7. The van der Waals surface area contributed by atoms with E-state index in [2.05, 4.69) is 21.2 Å². The van der Waals surface area contributed by atoms with Crippen LogP contribution in [0.15, 0.2) is 41.5 Å². The van der Waals surface area contributed by atoms with Gasteiger partial charge in [-0.1, -0.05) is 40.9 Å². The molecule has 2 rings (SSSR count). The van der Waals surface area contributed by atoms with Crippen LogP contribution < -0.4 is 16.1 Å². The minimum atomic E-state index is -0.981. The monoisotopic (exact) mass is 454 g/mol. The summed E-state index contributed by atoms with van der Waals surface area (Å²) >= 11 is 17.7. The number of hydrogen-bond donors (Lipinski definition) is 3. The van der Waals surface area contributed by atoms with Gasteiger partial charge >= 0.3 is 11.8 Å². The van der Waals surface area contributed by atoms with E-state index >= 15 is 0 Å². The van der Waals surface area contributed by atoms with Crippen LogP contribution in [0.2, 0.25) is 15.1 Å². The van der Waals surface area contributed by atoms with Crippen molar-refractivity contribution in [2.24, 2.45) is 5.10 Å². The van der Waals surface area contributed by atoms with Crippen LogP contribution in [0.3, 0.4) is 0 Å². The van der Waals surface area contributed by atoms with E-state index in [1.54, 1.807) is 37.3 Å². The van der Waals surface area contributed by atoms with E-state index < -0.39 is 17.7 Å². The molecule has 0 aliphatic heterocycles. The van der Waals surface area contributed by atoms with Gasteiger partial charge in [0.2, 0.25) is 5.91 Å². The molecule has 0 atom stereocenters. The van der Waals surface area contributed by atoms with Crippen molar-refractivity contribution in [1.29, 1.82) is 0 Å². The predicted octanol–water partition coefficient (Wildman–Crippen LogP) is 4.41. The molecule has 3 amide bonds. The lowest BCUT2D eigenvalue weighted by molar-refractivity contribution is -0.136. The number of carbonyl (C=O) groups excluding carboxylic acids is 3. The standard InChI is InChI=1S/C19H17Cl3N4O3/c1-10(6-17(27)23-14-8-12(20)7-13(21)9-14)25-26-19(29)18(28)24-16-5-3-4-15(22)11(16)2/h3-5,7-9H,6H2,1-2H3,(H,23,27)(H,24,28)(H,26,29)/b25-10-. The van der Waals surface area contributed by atoms with E-state index in [4.69, 9.17) is 34.8 Å². The first kappa shape index (κ1) is 22.7. The summed E-state index contributed by atoms with van der Waals surface area (Å²) in [7, 11) is 0. The SMILES string of the molecule is C/C(CC(=O)Nc1cc(Cl)cc(Cl)c1)=N/NC(=O)C(=O)Nc1cccc(Cl)c1C. The number of anilines is 2.